The van der Waals surface area contributed by atoms with E-state index in [2.05, 4.69) is 36.7 Å². The number of benzene rings is 1. The highest BCUT2D eigenvalue weighted by molar-refractivity contribution is 9.10. The van der Waals surface area contributed by atoms with E-state index in [9.17, 15) is 4.79 Å². The van der Waals surface area contributed by atoms with Crippen molar-refractivity contribution in [1.82, 2.24) is 0 Å². The topological polar surface area (TPSA) is 30.2 Å². The summed E-state index contributed by atoms with van der Waals surface area (Å²) in [6, 6.07) is 9.39. The Morgan fingerprint density at radius 1 is 1.17 bits per heavy atom. The monoisotopic (exact) mass is 306 g/mol. The van der Waals surface area contributed by atoms with Crippen LogP contribution >= 0.6 is 15.9 Å². The van der Waals surface area contributed by atoms with E-state index < -0.39 is 0 Å². The van der Waals surface area contributed by atoms with Crippen LogP contribution in [0.4, 0.5) is 0 Å². The number of ketones is 1. The maximum atomic E-state index is 12.5. The van der Waals surface area contributed by atoms with Crippen molar-refractivity contribution in [3.8, 4) is 0 Å². The molecule has 0 aliphatic heterocycles. The lowest BCUT2D eigenvalue weighted by atomic mass is 9.82. The van der Waals surface area contributed by atoms with Crippen LogP contribution in [0.25, 0.3) is 0 Å². The molecule has 0 radical (unpaired) electrons. The molecule has 18 heavy (non-hydrogen) atoms. The first-order valence-electron chi connectivity index (χ1n) is 5.78. The fraction of sp³-hybridized carbons (Fsp3) is 0.267. The Labute approximate surface area is 115 Å². The third-order valence-electron chi connectivity index (χ3n) is 2.80. The molecule has 0 aliphatic rings. The normalized spacial score (nSPS) is 11.6. The van der Waals surface area contributed by atoms with Crippen molar-refractivity contribution < 1.29 is 9.21 Å². The molecule has 0 aliphatic carbocycles. The predicted molar refractivity (Wildman–Crippen MR) is 75.0 cm³/mol. The van der Waals surface area contributed by atoms with E-state index in [1.807, 2.05) is 24.3 Å². The van der Waals surface area contributed by atoms with Crippen LogP contribution in [0.3, 0.4) is 0 Å². The minimum atomic E-state index is -0.0857. The number of hydrogen-bond acceptors (Lipinski definition) is 2. The molecule has 2 aromatic rings. The van der Waals surface area contributed by atoms with Gasteiger partial charge in [0.15, 0.2) is 5.76 Å². The van der Waals surface area contributed by atoms with Gasteiger partial charge in [0.05, 0.1) is 10.7 Å². The molecule has 1 aromatic carbocycles. The fourth-order valence-corrected chi connectivity index (χ4v) is 2.29. The molecule has 0 atom stereocenters. The summed E-state index contributed by atoms with van der Waals surface area (Å²) in [5, 5.41) is 0. The van der Waals surface area contributed by atoms with E-state index >= 15 is 0 Å². The Bertz CT molecular complexity index is 576. The van der Waals surface area contributed by atoms with Crippen LogP contribution in [-0.4, -0.2) is 5.78 Å². The van der Waals surface area contributed by atoms with Crippen molar-refractivity contribution in [2.24, 2.45) is 0 Å². The van der Waals surface area contributed by atoms with Crippen molar-refractivity contribution in [2.75, 3.05) is 0 Å². The predicted octanol–water partition coefficient (Wildman–Crippen LogP) is 4.57. The molecule has 1 aromatic heterocycles. The zero-order chi connectivity index (χ0) is 13.3. The number of carbonyl (C=O) groups is 1. The van der Waals surface area contributed by atoms with Crippen molar-refractivity contribution in [2.45, 2.75) is 26.2 Å². The molecule has 0 saturated heterocycles. The maximum Gasteiger partial charge on any atom is 0.229 e. The van der Waals surface area contributed by atoms with Gasteiger partial charge in [-0.05, 0) is 33.0 Å². The lowest BCUT2D eigenvalue weighted by Crippen LogP contribution is -2.17. The molecule has 2 rings (SSSR count). The first kappa shape index (κ1) is 13.1. The van der Waals surface area contributed by atoms with Crippen molar-refractivity contribution >= 4 is 21.7 Å². The van der Waals surface area contributed by atoms with Gasteiger partial charge in [0.1, 0.15) is 0 Å². The van der Waals surface area contributed by atoms with Crippen LogP contribution in [0.1, 0.15) is 42.5 Å². The largest absolute Gasteiger partial charge is 0.460 e. The number of carbonyl (C=O) groups excluding carboxylic acids is 1. The minimum absolute atomic E-state index is 0.0781. The van der Waals surface area contributed by atoms with Gasteiger partial charge in [0.25, 0.3) is 0 Å². The summed E-state index contributed by atoms with van der Waals surface area (Å²) >= 11 is 3.32. The zero-order valence-electron chi connectivity index (χ0n) is 10.7. The van der Waals surface area contributed by atoms with E-state index in [0.29, 0.717) is 15.8 Å². The van der Waals surface area contributed by atoms with Crippen LogP contribution in [-0.2, 0) is 5.41 Å². The van der Waals surface area contributed by atoms with Gasteiger partial charge in [-0.3, -0.25) is 4.79 Å². The van der Waals surface area contributed by atoms with Gasteiger partial charge >= 0.3 is 0 Å². The Balaban J connectivity index is 2.53. The number of halogens is 1. The zero-order valence-corrected chi connectivity index (χ0v) is 12.2. The molecular formula is C15H15BrO2. The molecule has 0 unspecified atom stereocenters. The third kappa shape index (κ3) is 2.41. The molecule has 0 saturated carbocycles. The van der Waals surface area contributed by atoms with E-state index in [4.69, 9.17) is 4.42 Å². The Morgan fingerprint density at radius 3 is 2.39 bits per heavy atom. The average Bonchev–Trinajstić information content (AvgIpc) is 2.73. The summed E-state index contributed by atoms with van der Waals surface area (Å²) in [5.41, 5.74) is 1.64. The second-order valence-corrected chi connectivity index (χ2v) is 6.08. The standard InChI is InChI=1S/C15H15BrO2/c1-15(2,3)11-7-5-4-6-10(11)13(17)14-12(16)8-9-18-14/h4-9H,1-3H3. The highest BCUT2D eigenvalue weighted by Crippen LogP contribution is 2.29. The van der Waals surface area contributed by atoms with E-state index in [1.54, 1.807) is 6.07 Å². The minimum Gasteiger partial charge on any atom is -0.460 e. The molecule has 3 heteroatoms. The Hall–Kier alpha value is -1.35. The van der Waals surface area contributed by atoms with E-state index in [0.717, 1.165) is 5.56 Å². The quantitative estimate of drug-likeness (QED) is 0.761. The second kappa shape index (κ2) is 4.73. The molecule has 0 N–H and O–H groups in total. The summed E-state index contributed by atoms with van der Waals surface area (Å²) in [6.45, 7) is 6.28. The summed E-state index contributed by atoms with van der Waals surface area (Å²) in [7, 11) is 0. The van der Waals surface area contributed by atoms with Crippen LogP contribution in [0.15, 0.2) is 45.5 Å². The number of hydrogen-bond donors (Lipinski definition) is 0. The van der Waals surface area contributed by atoms with Crippen molar-refractivity contribution in [3.63, 3.8) is 0 Å². The molecule has 0 amide bonds. The van der Waals surface area contributed by atoms with Crippen molar-refractivity contribution in [1.29, 1.82) is 0 Å². The van der Waals surface area contributed by atoms with Gasteiger partial charge in [0, 0.05) is 5.56 Å². The smallest absolute Gasteiger partial charge is 0.229 e. The maximum absolute atomic E-state index is 12.5. The average molecular weight is 307 g/mol. The molecule has 2 nitrogen and oxygen atoms in total. The summed E-state index contributed by atoms with van der Waals surface area (Å²) in [4.78, 5) is 12.5. The summed E-state index contributed by atoms with van der Waals surface area (Å²) in [6.07, 6.45) is 1.51. The van der Waals surface area contributed by atoms with Gasteiger partial charge in [-0.2, -0.15) is 0 Å². The lowest BCUT2D eigenvalue weighted by molar-refractivity contribution is 0.101. The van der Waals surface area contributed by atoms with Crippen LogP contribution in [0, 0.1) is 0 Å². The van der Waals surface area contributed by atoms with Crippen LogP contribution in [0.2, 0.25) is 0 Å². The van der Waals surface area contributed by atoms with Gasteiger partial charge in [-0.25, -0.2) is 0 Å². The fourth-order valence-electron chi connectivity index (χ4n) is 1.91. The van der Waals surface area contributed by atoms with Gasteiger partial charge < -0.3 is 4.42 Å². The molecule has 0 bridgehead atoms. The molecule has 0 spiro atoms. The van der Waals surface area contributed by atoms with Gasteiger partial charge in [0.2, 0.25) is 5.78 Å². The van der Waals surface area contributed by atoms with Gasteiger partial charge in [-0.1, -0.05) is 45.0 Å². The highest BCUT2D eigenvalue weighted by Gasteiger charge is 2.24. The Morgan fingerprint density at radius 2 is 1.83 bits per heavy atom. The van der Waals surface area contributed by atoms with Crippen LogP contribution < -0.4 is 0 Å². The third-order valence-corrected chi connectivity index (χ3v) is 3.43. The highest BCUT2D eigenvalue weighted by atomic mass is 79.9. The number of furan rings is 1. The Kier molecular flexibility index (Phi) is 3.44. The second-order valence-electron chi connectivity index (χ2n) is 5.22. The van der Waals surface area contributed by atoms with Crippen molar-refractivity contribution in [3.05, 3.63) is 58.0 Å². The van der Waals surface area contributed by atoms with E-state index in [1.165, 1.54) is 6.26 Å². The van der Waals surface area contributed by atoms with Crippen LogP contribution in [0.5, 0.6) is 0 Å². The molecule has 94 valence electrons. The van der Waals surface area contributed by atoms with Gasteiger partial charge in [-0.15, -0.1) is 0 Å². The van der Waals surface area contributed by atoms with E-state index in [-0.39, 0.29) is 11.2 Å². The molecule has 1 heterocycles. The first-order chi connectivity index (χ1) is 8.41. The first-order valence-corrected chi connectivity index (χ1v) is 6.58. The summed E-state index contributed by atoms with van der Waals surface area (Å²) < 4.78 is 5.94. The molecular weight excluding hydrogens is 292 g/mol. The lowest BCUT2D eigenvalue weighted by Gasteiger charge is -2.21. The summed E-state index contributed by atoms with van der Waals surface area (Å²) in [5.74, 6) is 0.268. The SMILES string of the molecule is CC(C)(C)c1ccccc1C(=O)c1occc1Br. The number of rotatable bonds is 2. The molecule has 0 fully saturated rings.